The Morgan fingerprint density at radius 3 is 2.36 bits per heavy atom. The van der Waals surface area contributed by atoms with E-state index < -0.39 is 0 Å². The summed E-state index contributed by atoms with van der Waals surface area (Å²) in [5.41, 5.74) is 2.71. The summed E-state index contributed by atoms with van der Waals surface area (Å²) >= 11 is 1.78. The summed E-state index contributed by atoms with van der Waals surface area (Å²) < 4.78 is 0. The molecule has 0 atom stereocenters. The molecule has 0 N–H and O–H groups in total. The summed E-state index contributed by atoms with van der Waals surface area (Å²) in [5.74, 6) is 0. The van der Waals surface area contributed by atoms with Gasteiger partial charge in [-0.1, -0.05) is 18.7 Å². The third kappa shape index (κ3) is 2.89. The van der Waals surface area contributed by atoms with E-state index in [1.165, 1.54) is 16.0 Å². The van der Waals surface area contributed by atoms with Crippen LogP contribution < -0.4 is 0 Å². The van der Waals surface area contributed by atoms with Gasteiger partial charge >= 0.3 is 0 Å². The molecule has 11 heavy (non-hydrogen) atoms. The Kier molecular flexibility index (Phi) is 5.67. The number of thioether (sulfide) groups is 1. The average Bonchev–Trinajstić information content (AvgIpc) is 1.95. The molecule has 2 heteroatoms. The van der Waals surface area contributed by atoms with Gasteiger partial charge in [0, 0.05) is 32.7 Å². The van der Waals surface area contributed by atoms with Crippen molar-refractivity contribution in [2.75, 3.05) is 6.26 Å². The predicted molar refractivity (Wildman–Crippen MR) is 46.5 cm³/mol. The van der Waals surface area contributed by atoms with Gasteiger partial charge in [-0.25, -0.2) is 0 Å². The Bertz CT molecular complexity index is 233. The number of benzene rings is 1. The molecule has 57 valence electrons. The van der Waals surface area contributed by atoms with Crippen LogP contribution in [-0.4, -0.2) is 6.26 Å². The zero-order valence-corrected chi connectivity index (χ0v) is 10.8. The van der Waals surface area contributed by atoms with Crippen LogP contribution >= 0.6 is 11.8 Å². The first kappa shape index (κ1) is 11.7. The van der Waals surface area contributed by atoms with Crippen LogP contribution in [0.25, 0.3) is 0 Å². The van der Waals surface area contributed by atoms with Crippen LogP contribution in [0.5, 0.6) is 0 Å². The zero-order chi connectivity index (χ0) is 7.56. The average molecular weight is 240 g/mol. The first-order valence-electron chi connectivity index (χ1n) is 3.27. The van der Waals surface area contributed by atoms with Crippen molar-refractivity contribution in [3.63, 3.8) is 0 Å². The molecule has 0 saturated carbocycles. The van der Waals surface area contributed by atoms with Gasteiger partial charge in [0.1, 0.15) is 0 Å². The monoisotopic (exact) mass is 240 g/mol. The van der Waals surface area contributed by atoms with E-state index >= 15 is 0 Å². The molecule has 0 aliphatic heterocycles. The smallest absolute Gasteiger partial charge is 0 e. The summed E-state index contributed by atoms with van der Waals surface area (Å²) in [6, 6.07) is 7.16. The van der Waals surface area contributed by atoms with Crippen molar-refractivity contribution in [3.05, 3.63) is 29.3 Å². The summed E-state index contributed by atoms with van der Waals surface area (Å²) in [5, 5.41) is 0. The molecular formula is C9H11SY-. The Morgan fingerprint density at radius 1 is 1.27 bits per heavy atom. The van der Waals surface area contributed by atoms with Gasteiger partial charge in [0.2, 0.25) is 0 Å². The molecule has 0 aliphatic rings. The molecule has 0 aliphatic carbocycles. The maximum absolute atomic E-state index is 3.10. The van der Waals surface area contributed by atoms with Crippen LogP contribution in [0, 0.1) is 19.9 Å². The second-order valence-corrected chi connectivity index (χ2v) is 3.18. The van der Waals surface area contributed by atoms with Crippen LogP contribution in [-0.2, 0) is 32.7 Å². The molecular weight excluding hydrogens is 229 g/mol. The maximum Gasteiger partial charge on any atom is 0 e. The van der Waals surface area contributed by atoms with Gasteiger partial charge < -0.3 is 0 Å². The molecule has 0 aromatic heterocycles. The van der Waals surface area contributed by atoms with E-state index in [4.69, 9.17) is 0 Å². The van der Waals surface area contributed by atoms with E-state index in [9.17, 15) is 0 Å². The van der Waals surface area contributed by atoms with Gasteiger partial charge in [-0.3, -0.25) is 0 Å². The minimum atomic E-state index is 0. The van der Waals surface area contributed by atoms with Gasteiger partial charge in [-0.15, -0.1) is 5.56 Å². The summed E-state index contributed by atoms with van der Waals surface area (Å²) in [6.07, 6.45) is 2.09. The molecule has 1 aromatic rings. The van der Waals surface area contributed by atoms with E-state index in [0.29, 0.717) is 0 Å². The first-order chi connectivity index (χ1) is 4.75. The van der Waals surface area contributed by atoms with Crippen molar-refractivity contribution in [3.8, 4) is 0 Å². The zero-order valence-electron chi connectivity index (χ0n) is 7.14. The predicted octanol–water partition coefficient (Wildman–Crippen LogP) is 2.82. The number of rotatable bonds is 1. The van der Waals surface area contributed by atoms with Gasteiger partial charge in [-0.2, -0.15) is 35.5 Å². The fourth-order valence-electron chi connectivity index (χ4n) is 0.865. The fourth-order valence-corrected chi connectivity index (χ4v) is 1.52. The Balaban J connectivity index is 0.000001000. The normalized spacial score (nSPS) is 9.00. The second-order valence-electron chi connectivity index (χ2n) is 2.33. The molecule has 1 aromatic carbocycles. The molecule has 0 spiro atoms. The summed E-state index contributed by atoms with van der Waals surface area (Å²) in [7, 11) is 0. The Morgan fingerprint density at radius 2 is 1.91 bits per heavy atom. The number of aryl methyl sites for hydroxylation is 1. The van der Waals surface area contributed by atoms with Crippen molar-refractivity contribution >= 4 is 11.8 Å². The molecule has 1 radical (unpaired) electrons. The van der Waals surface area contributed by atoms with E-state index in [1.807, 2.05) is 12.1 Å². The third-order valence-electron chi connectivity index (χ3n) is 1.70. The van der Waals surface area contributed by atoms with Crippen LogP contribution in [0.1, 0.15) is 11.1 Å². The largest absolute Gasteiger partial charge is 0.199 e. The standard InChI is InChI=1S/C9H11S.Y/c1-7-5-4-6-9(10-3)8(7)2;/h5-6H,1-3H3;/q-1;. The molecule has 0 nitrogen and oxygen atoms in total. The van der Waals surface area contributed by atoms with E-state index in [-0.39, 0.29) is 32.7 Å². The minimum absolute atomic E-state index is 0. The first-order valence-corrected chi connectivity index (χ1v) is 4.49. The van der Waals surface area contributed by atoms with E-state index in [1.54, 1.807) is 11.8 Å². The topological polar surface area (TPSA) is 0 Å². The van der Waals surface area contributed by atoms with Crippen LogP contribution in [0.15, 0.2) is 17.0 Å². The number of hydrogen-bond donors (Lipinski definition) is 0. The quantitative estimate of drug-likeness (QED) is 0.537. The van der Waals surface area contributed by atoms with Gasteiger partial charge in [0.05, 0.1) is 0 Å². The molecule has 0 bridgehead atoms. The minimum Gasteiger partial charge on any atom is -0.199 e. The fraction of sp³-hybridized carbons (Fsp3) is 0.333. The number of hydrogen-bond acceptors (Lipinski definition) is 1. The summed E-state index contributed by atoms with van der Waals surface area (Å²) in [6.45, 7) is 4.26. The van der Waals surface area contributed by atoms with Crippen LogP contribution in [0.4, 0.5) is 0 Å². The van der Waals surface area contributed by atoms with Crippen molar-refractivity contribution in [2.24, 2.45) is 0 Å². The maximum atomic E-state index is 3.10. The molecule has 0 amide bonds. The van der Waals surface area contributed by atoms with Crippen molar-refractivity contribution in [1.29, 1.82) is 0 Å². The SMILES string of the molecule is CSc1c[c-]cc(C)c1C.[Y]. The van der Waals surface area contributed by atoms with Crippen molar-refractivity contribution in [2.45, 2.75) is 18.7 Å². The van der Waals surface area contributed by atoms with Crippen molar-refractivity contribution in [1.82, 2.24) is 0 Å². The molecule has 1 rings (SSSR count). The van der Waals surface area contributed by atoms with E-state index in [0.717, 1.165) is 0 Å². The Labute approximate surface area is 98.0 Å². The second kappa shape index (κ2) is 5.34. The molecule has 0 saturated heterocycles. The van der Waals surface area contributed by atoms with Crippen LogP contribution in [0.3, 0.4) is 0 Å². The Hall–Kier alpha value is 0.674. The van der Waals surface area contributed by atoms with E-state index in [2.05, 4.69) is 26.2 Å². The van der Waals surface area contributed by atoms with Gasteiger partial charge in [0.25, 0.3) is 0 Å². The van der Waals surface area contributed by atoms with Gasteiger partial charge in [0.15, 0.2) is 0 Å². The molecule has 0 fully saturated rings. The van der Waals surface area contributed by atoms with Gasteiger partial charge in [-0.05, 0) is 6.26 Å². The third-order valence-corrected chi connectivity index (χ3v) is 2.56. The van der Waals surface area contributed by atoms with Crippen LogP contribution in [0.2, 0.25) is 0 Å². The molecule has 0 heterocycles. The summed E-state index contributed by atoms with van der Waals surface area (Å²) in [4.78, 5) is 1.33. The van der Waals surface area contributed by atoms with Crippen molar-refractivity contribution < 1.29 is 32.7 Å². The molecule has 0 unspecified atom stereocenters.